The van der Waals surface area contributed by atoms with Crippen molar-refractivity contribution in [2.45, 2.75) is 0 Å². The highest BCUT2D eigenvalue weighted by molar-refractivity contribution is 7.26. The quantitative estimate of drug-likeness (QED) is 0.181. The minimum atomic E-state index is 0.670. The summed E-state index contributed by atoms with van der Waals surface area (Å²) >= 11 is 1.71. The summed E-state index contributed by atoms with van der Waals surface area (Å²) in [5.74, 6) is 0. The van der Waals surface area contributed by atoms with Gasteiger partial charge in [0.25, 0.3) is 0 Å². The van der Waals surface area contributed by atoms with E-state index in [1.807, 2.05) is 24.3 Å². The first kappa shape index (κ1) is 26.1. The molecule has 3 nitrogen and oxygen atoms in total. The zero-order valence-corrected chi connectivity index (χ0v) is 25.9. The van der Waals surface area contributed by atoms with Crippen LogP contribution in [0.25, 0.3) is 96.7 Å². The first-order valence-electron chi connectivity index (χ1n) is 15.6. The minimum absolute atomic E-state index is 0.670. The van der Waals surface area contributed by atoms with Crippen molar-refractivity contribution in [1.82, 2.24) is 4.57 Å². The Kier molecular flexibility index (Phi) is 5.51. The number of aromatic nitrogens is 1. The molecule has 0 radical (unpaired) electrons. The SMILES string of the molecule is [C-]#[N+]c1cc(-c2ccc3c(c2)oc2ccccc23)cc2c1sc1c(-n3c4ccccc4c4cc(-c5ccccc5)ccc43)cccc12. The monoisotopic (exact) mass is 616 g/mol. The van der Waals surface area contributed by atoms with Gasteiger partial charge >= 0.3 is 0 Å². The largest absolute Gasteiger partial charge is 0.456 e. The van der Waals surface area contributed by atoms with Gasteiger partial charge in [0.15, 0.2) is 0 Å². The summed E-state index contributed by atoms with van der Waals surface area (Å²) < 4.78 is 10.8. The molecule has 0 saturated heterocycles. The van der Waals surface area contributed by atoms with Gasteiger partial charge in [-0.1, -0.05) is 91.0 Å². The summed E-state index contributed by atoms with van der Waals surface area (Å²) in [6, 6.07) is 51.3. The van der Waals surface area contributed by atoms with Crippen LogP contribution in [-0.2, 0) is 0 Å². The van der Waals surface area contributed by atoms with Crippen LogP contribution < -0.4 is 0 Å². The van der Waals surface area contributed by atoms with Crippen molar-refractivity contribution >= 4 is 80.9 Å². The van der Waals surface area contributed by atoms with Crippen molar-refractivity contribution in [2.24, 2.45) is 0 Å². The summed E-state index contributed by atoms with van der Waals surface area (Å²) in [6.07, 6.45) is 0. The predicted molar refractivity (Wildman–Crippen MR) is 198 cm³/mol. The van der Waals surface area contributed by atoms with E-state index in [1.165, 1.54) is 37.6 Å². The Morgan fingerprint density at radius 3 is 2.06 bits per heavy atom. The number of para-hydroxylation sites is 2. The third-order valence-electron chi connectivity index (χ3n) is 9.41. The molecular formula is C43H24N2OS. The molecule has 3 aromatic heterocycles. The van der Waals surface area contributed by atoms with E-state index in [4.69, 9.17) is 11.0 Å². The highest BCUT2D eigenvalue weighted by Gasteiger charge is 2.19. The maximum absolute atomic E-state index is 8.17. The molecule has 0 aliphatic heterocycles. The van der Waals surface area contributed by atoms with E-state index in [9.17, 15) is 0 Å². The van der Waals surface area contributed by atoms with E-state index in [1.54, 1.807) is 11.3 Å². The van der Waals surface area contributed by atoms with E-state index in [2.05, 4.69) is 131 Å². The maximum Gasteiger partial charge on any atom is 0.205 e. The maximum atomic E-state index is 8.17. The van der Waals surface area contributed by atoms with E-state index in [0.717, 1.165) is 54.2 Å². The third-order valence-corrected chi connectivity index (χ3v) is 10.7. The molecule has 0 N–H and O–H groups in total. The second-order valence-electron chi connectivity index (χ2n) is 12.0. The van der Waals surface area contributed by atoms with Gasteiger partial charge in [-0.2, -0.15) is 0 Å². The zero-order chi connectivity index (χ0) is 31.1. The minimum Gasteiger partial charge on any atom is -0.456 e. The molecule has 3 heterocycles. The molecule has 0 amide bonds. The van der Waals surface area contributed by atoms with Gasteiger partial charge in [-0.15, -0.1) is 11.3 Å². The molecule has 0 aliphatic carbocycles. The highest BCUT2D eigenvalue weighted by Crippen LogP contribution is 2.46. The van der Waals surface area contributed by atoms with Crippen LogP contribution in [0.4, 0.5) is 5.69 Å². The molecule has 10 aromatic rings. The number of hydrogen-bond acceptors (Lipinski definition) is 2. The molecule has 4 heteroatoms. The van der Waals surface area contributed by atoms with E-state index in [-0.39, 0.29) is 0 Å². The van der Waals surface area contributed by atoms with Crippen molar-refractivity contribution in [2.75, 3.05) is 0 Å². The van der Waals surface area contributed by atoms with Crippen molar-refractivity contribution in [3.63, 3.8) is 0 Å². The predicted octanol–water partition coefficient (Wildman–Crippen LogP) is 12.9. The second kappa shape index (κ2) is 9.92. The van der Waals surface area contributed by atoms with Crippen molar-refractivity contribution in [3.8, 4) is 27.9 Å². The molecule has 0 spiro atoms. The Labute approximate surface area is 274 Å². The molecule has 10 rings (SSSR count). The van der Waals surface area contributed by atoms with E-state index >= 15 is 0 Å². The van der Waals surface area contributed by atoms with Crippen molar-refractivity contribution in [1.29, 1.82) is 0 Å². The lowest BCUT2D eigenvalue weighted by atomic mass is 10.00. The van der Waals surface area contributed by atoms with Gasteiger partial charge in [0.1, 0.15) is 11.2 Å². The van der Waals surface area contributed by atoms with Gasteiger partial charge in [0, 0.05) is 31.6 Å². The Bertz CT molecular complexity index is 2920. The molecule has 0 aliphatic rings. The Balaban J connectivity index is 1.20. The van der Waals surface area contributed by atoms with Crippen LogP contribution in [0.3, 0.4) is 0 Å². The average Bonchev–Trinajstić information content (AvgIpc) is 3.80. The zero-order valence-electron chi connectivity index (χ0n) is 25.1. The number of furan rings is 1. The molecule has 0 bridgehead atoms. The molecule has 0 atom stereocenters. The first-order chi connectivity index (χ1) is 23.2. The number of nitrogens with zero attached hydrogens (tertiary/aromatic N) is 2. The van der Waals surface area contributed by atoms with Gasteiger partial charge < -0.3 is 8.98 Å². The smallest absolute Gasteiger partial charge is 0.205 e. The summed E-state index contributed by atoms with van der Waals surface area (Å²) in [5.41, 5.74) is 10.3. The standard InChI is InChI=1S/C43H24N2OS/c1-44-36-24-29(28-18-20-32-31-13-6-8-17-40(31)46-41(32)25-28)23-35-33-14-9-16-39(43(33)47-42(35)36)45-37-15-7-5-12-30(37)34-22-27(19-21-38(34)45)26-10-3-2-4-11-26/h2-25H. The van der Waals surface area contributed by atoms with Gasteiger partial charge in [-0.25, -0.2) is 4.85 Å². The Morgan fingerprint density at radius 1 is 0.468 bits per heavy atom. The number of fused-ring (bicyclic) bond motifs is 9. The molecule has 0 fully saturated rings. The fraction of sp³-hybridized carbons (Fsp3) is 0. The molecular weight excluding hydrogens is 593 g/mol. The average molecular weight is 617 g/mol. The third kappa shape index (κ3) is 3.85. The van der Waals surface area contributed by atoms with Crippen LogP contribution in [0.1, 0.15) is 0 Å². The van der Waals surface area contributed by atoms with Crippen molar-refractivity contribution < 1.29 is 4.42 Å². The fourth-order valence-electron chi connectivity index (χ4n) is 7.24. The van der Waals surface area contributed by atoms with E-state index < -0.39 is 0 Å². The molecule has 0 saturated carbocycles. The van der Waals surface area contributed by atoms with Crippen LogP contribution in [0.2, 0.25) is 0 Å². The normalized spacial score (nSPS) is 11.8. The Hall–Kier alpha value is -6.15. The van der Waals surface area contributed by atoms with Gasteiger partial charge in [-0.05, 0) is 82.2 Å². The molecule has 218 valence electrons. The van der Waals surface area contributed by atoms with Gasteiger partial charge in [0.2, 0.25) is 5.69 Å². The number of hydrogen-bond donors (Lipinski definition) is 0. The van der Waals surface area contributed by atoms with Crippen molar-refractivity contribution in [3.05, 3.63) is 157 Å². The topological polar surface area (TPSA) is 22.4 Å². The van der Waals surface area contributed by atoms with Gasteiger partial charge in [0.05, 0.1) is 28.0 Å². The molecule has 7 aromatic carbocycles. The summed E-state index contributed by atoms with van der Waals surface area (Å²) in [7, 11) is 0. The van der Waals surface area contributed by atoms with Crippen LogP contribution in [-0.4, -0.2) is 4.57 Å². The molecule has 0 unspecified atom stereocenters. The number of benzene rings is 7. The lowest BCUT2D eigenvalue weighted by molar-refractivity contribution is 0.669. The summed E-state index contributed by atoms with van der Waals surface area (Å²) in [6.45, 7) is 8.17. The summed E-state index contributed by atoms with van der Waals surface area (Å²) in [4.78, 5) is 4.04. The Morgan fingerprint density at radius 2 is 1.17 bits per heavy atom. The van der Waals surface area contributed by atoms with Crippen LogP contribution >= 0.6 is 11.3 Å². The second-order valence-corrected chi connectivity index (χ2v) is 13.0. The number of rotatable bonds is 3. The first-order valence-corrected chi connectivity index (χ1v) is 16.4. The fourth-order valence-corrected chi connectivity index (χ4v) is 8.48. The summed E-state index contributed by atoms with van der Waals surface area (Å²) in [5, 5.41) is 6.93. The van der Waals surface area contributed by atoms with Crippen LogP contribution in [0.5, 0.6) is 0 Å². The lowest BCUT2D eigenvalue weighted by Crippen LogP contribution is -1.93. The highest BCUT2D eigenvalue weighted by atomic mass is 32.1. The molecule has 47 heavy (non-hydrogen) atoms. The lowest BCUT2D eigenvalue weighted by Gasteiger charge is -2.10. The van der Waals surface area contributed by atoms with Crippen LogP contribution in [0.15, 0.2) is 150 Å². The van der Waals surface area contributed by atoms with Gasteiger partial charge in [-0.3, -0.25) is 0 Å². The van der Waals surface area contributed by atoms with E-state index in [0.29, 0.717) is 5.69 Å². The van der Waals surface area contributed by atoms with Crippen LogP contribution in [0, 0.1) is 6.57 Å². The number of thiophene rings is 1.